The van der Waals surface area contributed by atoms with Gasteiger partial charge in [-0.05, 0) is 67.6 Å². The van der Waals surface area contributed by atoms with Gasteiger partial charge in [-0.3, -0.25) is 9.71 Å². The highest BCUT2D eigenvalue weighted by Crippen LogP contribution is 2.30. The van der Waals surface area contributed by atoms with Crippen molar-refractivity contribution < 1.29 is 13.5 Å². The molecule has 1 aliphatic carbocycles. The topological polar surface area (TPSA) is 104 Å². The lowest BCUT2D eigenvalue weighted by Gasteiger charge is -2.12. The molecule has 40 heavy (non-hydrogen) atoms. The van der Waals surface area contributed by atoms with Crippen LogP contribution in [0.1, 0.15) is 54.3 Å². The monoisotopic (exact) mass is 576 g/mol. The van der Waals surface area contributed by atoms with Crippen LogP contribution in [0.5, 0.6) is 0 Å². The number of nitrogens with zero attached hydrogens (tertiary/aromatic N) is 2. The minimum Gasteiger partial charge on any atom is -0.387 e. The second-order valence-corrected chi connectivity index (χ2v) is 13.0. The van der Waals surface area contributed by atoms with E-state index in [-0.39, 0.29) is 4.90 Å². The van der Waals surface area contributed by atoms with E-state index in [2.05, 4.69) is 20.4 Å². The number of pyridine rings is 1. The van der Waals surface area contributed by atoms with Crippen LogP contribution >= 0.6 is 11.3 Å². The van der Waals surface area contributed by atoms with Crippen LogP contribution in [0.25, 0.3) is 11.3 Å². The maximum absolute atomic E-state index is 13.0. The molecule has 2 heterocycles. The van der Waals surface area contributed by atoms with Crippen molar-refractivity contribution in [1.29, 1.82) is 0 Å². The highest BCUT2D eigenvalue weighted by Gasteiger charge is 2.17. The summed E-state index contributed by atoms with van der Waals surface area (Å²) in [5.74, 6) is 0.848. The molecule has 7 nitrogen and oxygen atoms in total. The number of aromatic nitrogens is 2. The molecule has 1 unspecified atom stereocenters. The van der Waals surface area contributed by atoms with Crippen LogP contribution in [0.15, 0.2) is 83.3 Å². The standard InChI is InChI=1S/C31H36N4O3S2/c36-30(26-6-3-18-32-20-26)21-33-19-17-24-7-12-27(13-8-24)35-40(37,38)28-14-10-25(11-15-28)29-22-39-31(34-29)16-9-23-4-1-2-5-23/h3,6-8,10-15,18,20,22-23,30,33,35-36H,1-2,4-5,9,16-17,19,21H2. The largest absolute Gasteiger partial charge is 0.387 e. The van der Waals surface area contributed by atoms with E-state index in [9.17, 15) is 13.5 Å². The second-order valence-electron chi connectivity index (χ2n) is 10.4. The van der Waals surface area contributed by atoms with Gasteiger partial charge in [-0.25, -0.2) is 13.4 Å². The molecule has 0 aliphatic heterocycles. The fourth-order valence-electron chi connectivity index (χ4n) is 5.11. The van der Waals surface area contributed by atoms with Gasteiger partial charge in [0.05, 0.1) is 21.7 Å². The number of anilines is 1. The number of nitrogens with one attached hydrogen (secondary N) is 2. The zero-order chi connectivity index (χ0) is 27.8. The van der Waals surface area contributed by atoms with Crippen molar-refractivity contribution in [3.05, 3.63) is 94.6 Å². The van der Waals surface area contributed by atoms with E-state index in [0.29, 0.717) is 18.8 Å². The average molecular weight is 577 g/mol. The Morgan fingerprint density at radius 1 is 1.00 bits per heavy atom. The van der Waals surface area contributed by atoms with Gasteiger partial charge in [-0.15, -0.1) is 11.3 Å². The van der Waals surface area contributed by atoms with Crippen molar-refractivity contribution >= 4 is 27.0 Å². The third-order valence-corrected chi connectivity index (χ3v) is 9.76. The first kappa shape index (κ1) is 28.4. The van der Waals surface area contributed by atoms with Crippen LogP contribution in [0.3, 0.4) is 0 Å². The van der Waals surface area contributed by atoms with Crippen molar-refractivity contribution in [2.45, 2.75) is 55.9 Å². The Hall–Kier alpha value is -3.11. The van der Waals surface area contributed by atoms with Gasteiger partial charge in [0.15, 0.2) is 0 Å². The van der Waals surface area contributed by atoms with E-state index in [1.54, 1.807) is 54.1 Å². The second kappa shape index (κ2) is 13.5. The highest BCUT2D eigenvalue weighted by atomic mass is 32.2. The van der Waals surface area contributed by atoms with Gasteiger partial charge in [0.25, 0.3) is 10.0 Å². The number of benzene rings is 2. The first-order chi connectivity index (χ1) is 19.5. The van der Waals surface area contributed by atoms with Gasteiger partial charge in [0.2, 0.25) is 0 Å². The summed E-state index contributed by atoms with van der Waals surface area (Å²) in [4.78, 5) is 9.04. The minimum atomic E-state index is -3.71. The highest BCUT2D eigenvalue weighted by molar-refractivity contribution is 7.92. The molecule has 210 valence electrons. The number of thiazole rings is 1. The molecule has 2 aromatic carbocycles. The third-order valence-electron chi connectivity index (χ3n) is 7.46. The number of hydrogen-bond acceptors (Lipinski definition) is 7. The summed E-state index contributed by atoms with van der Waals surface area (Å²) >= 11 is 1.69. The van der Waals surface area contributed by atoms with E-state index in [1.807, 2.05) is 30.3 Å². The van der Waals surface area contributed by atoms with Gasteiger partial charge in [0.1, 0.15) is 0 Å². The maximum Gasteiger partial charge on any atom is 0.261 e. The lowest BCUT2D eigenvalue weighted by Crippen LogP contribution is -2.23. The van der Waals surface area contributed by atoms with Crippen molar-refractivity contribution in [1.82, 2.24) is 15.3 Å². The average Bonchev–Trinajstić information content (AvgIpc) is 3.68. The Bertz CT molecular complexity index is 1450. The molecule has 0 bridgehead atoms. The van der Waals surface area contributed by atoms with E-state index in [0.717, 1.165) is 46.2 Å². The number of aliphatic hydroxyl groups is 1. The Kier molecular flexibility index (Phi) is 9.59. The van der Waals surface area contributed by atoms with Crippen LogP contribution in [-0.4, -0.2) is 36.6 Å². The van der Waals surface area contributed by atoms with Gasteiger partial charge < -0.3 is 10.4 Å². The van der Waals surface area contributed by atoms with Crippen LogP contribution < -0.4 is 10.0 Å². The maximum atomic E-state index is 13.0. The van der Waals surface area contributed by atoms with Crippen molar-refractivity contribution in [3.8, 4) is 11.3 Å². The third kappa shape index (κ3) is 7.75. The fourth-order valence-corrected chi connectivity index (χ4v) is 6.99. The Labute approximate surface area is 240 Å². The zero-order valence-electron chi connectivity index (χ0n) is 22.5. The first-order valence-corrected chi connectivity index (χ1v) is 16.3. The number of sulfonamides is 1. The first-order valence-electron chi connectivity index (χ1n) is 13.9. The molecule has 1 aliphatic rings. The van der Waals surface area contributed by atoms with Crippen molar-refractivity contribution in [2.75, 3.05) is 17.8 Å². The van der Waals surface area contributed by atoms with E-state index >= 15 is 0 Å². The smallest absolute Gasteiger partial charge is 0.261 e. The van der Waals surface area contributed by atoms with Gasteiger partial charge in [-0.2, -0.15) is 0 Å². The molecule has 0 amide bonds. The Morgan fingerprint density at radius 3 is 2.50 bits per heavy atom. The normalized spacial score (nSPS) is 14.8. The fraction of sp³-hybridized carbons (Fsp3) is 0.355. The number of aryl methyl sites for hydroxylation is 1. The molecule has 0 saturated heterocycles. The number of rotatable bonds is 13. The molecule has 5 rings (SSSR count). The predicted molar refractivity (Wildman–Crippen MR) is 161 cm³/mol. The summed E-state index contributed by atoms with van der Waals surface area (Å²) in [7, 11) is -3.71. The van der Waals surface area contributed by atoms with Crippen LogP contribution in [-0.2, 0) is 22.9 Å². The summed E-state index contributed by atoms with van der Waals surface area (Å²) in [6.07, 6.45) is 11.2. The lowest BCUT2D eigenvalue weighted by molar-refractivity contribution is 0.174. The molecule has 1 saturated carbocycles. The Morgan fingerprint density at radius 2 is 1.77 bits per heavy atom. The quantitative estimate of drug-likeness (QED) is 0.169. The Balaban J connectivity index is 1.10. The van der Waals surface area contributed by atoms with E-state index in [1.165, 1.54) is 32.1 Å². The van der Waals surface area contributed by atoms with Crippen LogP contribution in [0.4, 0.5) is 5.69 Å². The van der Waals surface area contributed by atoms with E-state index < -0.39 is 16.1 Å². The van der Waals surface area contributed by atoms with E-state index in [4.69, 9.17) is 4.98 Å². The van der Waals surface area contributed by atoms with Gasteiger partial charge in [-0.1, -0.05) is 56.0 Å². The molecule has 3 N–H and O–H groups in total. The molecule has 9 heteroatoms. The molecular weight excluding hydrogens is 541 g/mol. The van der Waals surface area contributed by atoms with Crippen molar-refractivity contribution in [2.24, 2.45) is 5.92 Å². The molecule has 0 spiro atoms. The molecule has 1 fully saturated rings. The summed E-state index contributed by atoms with van der Waals surface area (Å²) < 4.78 is 28.6. The molecule has 4 aromatic rings. The summed E-state index contributed by atoms with van der Waals surface area (Å²) in [5, 5.41) is 16.7. The molecular formula is C31H36N4O3S2. The van der Waals surface area contributed by atoms with Crippen LogP contribution in [0.2, 0.25) is 0 Å². The SMILES string of the molecule is O=S(=O)(Nc1ccc(CCNCC(O)c2cccnc2)cc1)c1ccc(-c2csc(CCC3CCCC3)n2)cc1. The van der Waals surface area contributed by atoms with Crippen LogP contribution in [0, 0.1) is 5.92 Å². The van der Waals surface area contributed by atoms with Crippen molar-refractivity contribution in [3.63, 3.8) is 0 Å². The van der Waals surface area contributed by atoms with Gasteiger partial charge >= 0.3 is 0 Å². The summed E-state index contributed by atoms with van der Waals surface area (Å²) in [6.45, 7) is 1.13. The number of aliphatic hydroxyl groups excluding tert-OH is 1. The summed E-state index contributed by atoms with van der Waals surface area (Å²) in [5.41, 5.74) is 4.19. The summed E-state index contributed by atoms with van der Waals surface area (Å²) in [6, 6.07) is 17.9. The zero-order valence-corrected chi connectivity index (χ0v) is 24.1. The molecule has 0 radical (unpaired) electrons. The molecule has 2 aromatic heterocycles. The minimum absolute atomic E-state index is 0.216. The van der Waals surface area contributed by atoms with Gasteiger partial charge in [0, 0.05) is 41.1 Å². The lowest BCUT2D eigenvalue weighted by atomic mass is 10.0. The molecule has 1 atom stereocenters. The predicted octanol–water partition coefficient (Wildman–Crippen LogP) is 5.99. The number of hydrogen-bond donors (Lipinski definition) is 3.